The number of hydrogen-bond acceptors (Lipinski definition) is 5. The maximum absolute atomic E-state index is 13.4. The molecule has 2 aliphatic heterocycles. The highest BCUT2D eigenvalue weighted by atomic mass is 16.2. The first-order valence-corrected chi connectivity index (χ1v) is 12.8. The van der Waals surface area contributed by atoms with Gasteiger partial charge in [0.25, 0.3) is 0 Å². The van der Waals surface area contributed by atoms with E-state index >= 15 is 0 Å². The van der Waals surface area contributed by atoms with Crippen molar-refractivity contribution in [3.05, 3.63) is 0 Å². The van der Waals surface area contributed by atoms with Crippen LogP contribution in [0.3, 0.4) is 0 Å². The number of carbonyl (C=O) groups excluding carboxylic acids is 5. The quantitative estimate of drug-likeness (QED) is 0.411. The Morgan fingerprint density at radius 2 is 1.74 bits per heavy atom. The molecule has 0 aromatic heterocycles. The van der Waals surface area contributed by atoms with Gasteiger partial charge in [0.15, 0.2) is 0 Å². The van der Waals surface area contributed by atoms with Gasteiger partial charge < -0.3 is 26.6 Å². The zero-order valence-electron chi connectivity index (χ0n) is 19.7. The van der Waals surface area contributed by atoms with E-state index in [-0.39, 0.29) is 30.7 Å². The van der Waals surface area contributed by atoms with E-state index in [4.69, 9.17) is 5.73 Å². The first kappa shape index (κ1) is 24.5. The second-order valence-electron chi connectivity index (χ2n) is 10.3. The third-order valence-corrected chi connectivity index (χ3v) is 8.07. The number of rotatable bonds is 7. The van der Waals surface area contributed by atoms with Gasteiger partial charge in [0.05, 0.1) is 6.42 Å². The maximum atomic E-state index is 13.4. The van der Waals surface area contributed by atoms with Crippen LogP contribution in [0.2, 0.25) is 0 Å². The molecular weight excluding hydrogens is 438 g/mol. The van der Waals surface area contributed by atoms with E-state index < -0.39 is 35.8 Å². The average Bonchev–Trinajstić information content (AvgIpc) is 3.47. The van der Waals surface area contributed by atoms with Crippen molar-refractivity contribution in [1.82, 2.24) is 20.9 Å². The molecule has 0 aromatic carbocycles. The predicted molar refractivity (Wildman–Crippen MR) is 123 cm³/mol. The highest BCUT2D eigenvalue weighted by molar-refractivity contribution is 5.97. The summed E-state index contributed by atoms with van der Waals surface area (Å²) in [4.78, 5) is 63.8. The molecule has 2 aliphatic carbocycles. The SMILES string of the molecule is NC(=O)CC(NC(=O)C1CCC(=O)N1)C(=O)N1CCCC1C(=O)NC1CCCC2CCCCC21. The van der Waals surface area contributed by atoms with Gasteiger partial charge in [0, 0.05) is 19.0 Å². The Kier molecular flexibility index (Phi) is 7.73. The molecule has 2 saturated carbocycles. The van der Waals surface area contributed by atoms with Crippen LogP contribution in [0.1, 0.15) is 77.0 Å². The fourth-order valence-corrected chi connectivity index (χ4v) is 6.38. The number of primary amides is 1. The Labute approximate surface area is 200 Å². The summed E-state index contributed by atoms with van der Waals surface area (Å²) in [5, 5.41) is 8.40. The van der Waals surface area contributed by atoms with E-state index in [1.165, 1.54) is 30.6 Å². The smallest absolute Gasteiger partial charge is 0.246 e. The second kappa shape index (κ2) is 10.7. The molecule has 0 aromatic rings. The largest absolute Gasteiger partial charge is 0.370 e. The van der Waals surface area contributed by atoms with Gasteiger partial charge in [-0.1, -0.05) is 32.1 Å². The first-order valence-electron chi connectivity index (χ1n) is 12.8. The standard InChI is InChI=1S/C24H37N5O5/c25-20(30)13-18(28-22(32)17-10-11-21(31)26-17)24(34)29-12-4-9-19(29)23(33)27-16-8-3-6-14-5-1-2-7-15(14)16/h14-19H,1-13H2,(H2,25,30)(H,26,31)(H,27,33)(H,28,32). The molecule has 0 bridgehead atoms. The van der Waals surface area contributed by atoms with Crippen LogP contribution in [0.4, 0.5) is 0 Å². The zero-order chi connectivity index (χ0) is 24.2. The van der Waals surface area contributed by atoms with Crippen molar-refractivity contribution in [3.8, 4) is 0 Å². The molecule has 0 spiro atoms. The van der Waals surface area contributed by atoms with E-state index in [0.717, 1.165) is 19.3 Å². The van der Waals surface area contributed by atoms with Crippen LogP contribution in [-0.4, -0.2) is 65.1 Å². The Balaban J connectivity index is 1.40. The lowest BCUT2D eigenvalue weighted by molar-refractivity contribution is -0.143. The van der Waals surface area contributed by atoms with Gasteiger partial charge in [-0.3, -0.25) is 24.0 Å². The highest BCUT2D eigenvalue weighted by Crippen LogP contribution is 2.40. The first-order chi connectivity index (χ1) is 16.3. The summed E-state index contributed by atoms with van der Waals surface area (Å²) in [6, 6.07) is -2.36. The monoisotopic (exact) mass is 475 g/mol. The fraction of sp³-hybridized carbons (Fsp3) is 0.792. The van der Waals surface area contributed by atoms with Crippen molar-refractivity contribution < 1.29 is 24.0 Å². The molecule has 4 fully saturated rings. The van der Waals surface area contributed by atoms with E-state index in [0.29, 0.717) is 37.6 Å². The van der Waals surface area contributed by atoms with Crippen molar-refractivity contribution in [3.63, 3.8) is 0 Å². The molecule has 10 nitrogen and oxygen atoms in total. The van der Waals surface area contributed by atoms with Crippen LogP contribution in [-0.2, 0) is 24.0 Å². The minimum Gasteiger partial charge on any atom is -0.370 e. The van der Waals surface area contributed by atoms with Gasteiger partial charge in [-0.05, 0) is 43.9 Å². The molecule has 4 aliphatic rings. The summed E-state index contributed by atoms with van der Waals surface area (Å²) < 4.78 is 0. The lowest BCUT2D eigenvalue weighted by atomic mass is 9.68. The minimum absolute atomic E-state index is 0.144. The van der Waals surface area contributed by atoms with E-state index in [2.05, 4.69) is 16.0 Å². The number of carbonyl (C=O) groups is 5. The Bertz CT molecular complexity index is 831. The van der Waals surface area contributed by atoms with Crippen molar-refractivity contribution in [2.75, 3.05) is 6.54 Å². The third-order valence-electron chi connectivity index (χ3n) is 8.07. The topological polar surface area (TPSA) is 151 Å². The number of likely N-dealkylation sites (tertiary alicyclic amines) is 1. The second-order valence-corrected chi connectivity index (χ2v) is 10.3. The van der Waals surface area contributed by atoms with Crippen LogP contribution in [0, 0.1) is 11.8 Å². The Hall–Kier alpha value is -2.65. The normalized spacial score (nSPS) is 31.8. The number of hydrogen-bond donors (Lipinski definition) is 4. The van der Waals surface area contributed by atoms with Gasteiger partial charge in [0.1, 0.15) is 18.1 Å². The lowest BCUT2D eigenvalue weighted by Crippen LogP contribution is -2.57. The van der Waals surface area contributed by atoms with E-state index in [9.17, 15) is 24.0 Å². The molecule has 2 saturated heterocycles. The summed E-state index contributed by atoms with van der Waals surface area (Å²) in [5.74, 6) is -0.892. The summed E-state index contributed by atoms with van der Waals surface area (Å²) in [6.45, 7) is 0.388. The third kappa shape index (κ3) is 5.52. The minimum atomic E-state index is -1.16. The molecule has 6 atom stereocenters. The molecule has 188 valence electrons. The fourth-order valence-electron chi connectivity index (χ4n) is 6.38. The number of nitrogens with one attached hydrogen (secondary N) is 3. The van der Waals surface area contributed by atoms with E-state index in [1.54, 1.807) is 0 Å². The number of fused-ring (bicyclic) bond motifs is 1. The maximum Gasteiger partial charge on any atom is 0.246 e. The van der Waals surface area contributed by atoms with Gasteiger partial charge in [-0.25, -0.2) is 0 Å². The van der Waals surface area contributed by atoms with Crippen molar-refractivity contribution in [2.24, 2.45) is 17.6 Å². The Morgan fingerprint density at radius 3 is 2.47 bits per heavy atom. The van der Waals surface area contributed by atoms with Crippen LogP contribution < -0.4 is 21.7 Å². The molecule has 10 heteroatoms. The molecular formula is C24H37N5O5. The Morgan fingerprint density at radius 1 is 0.971 bits per heavy atom. The number of nitrogens with two attached hydrogens (primary N) is 1. The summed E-state index contributed by atoms with van der Waals surface area (Å²) in [6.07, 6.45) is 9.62. The van der Waals surface area contributed by atoms with Crippen molar-refractivity contribution >= 4 is 29.5 Å². The lowest BCUT2D eigenvalue weighted by Gasteiger charge is -2.42. The number of amides is 5. The summed E-state index contributed by atoms with van der Waals surface area (Å²) in [5.41, 5.74) is 5.35. The molecule has 34 heavy (non-hydrogen) atoms. The van der Waals surface area contributed by atoms with Crippen LogP contribution in [0.5, 0.6) is 0 Å². The molecule has 4 rings (SSSR count). The van der Waals surface area contributed by atoms with E-state index in [1.807, 2.05) is 0 Å². The average molecular weight is 476 g/mol. The molecule has 5 N–H and O–H groups in total. The van der Waals surface area contributed by atoms with Crippen molar-refractivity contribution in [1.29, 1.82) is 0 Å². The van der Waals surface area contributed by atoms with Crippen LogP contribution in [0.25, 0.3) is 0 Å². The summed E-state index contributed by atoms with van der Waals surface area (Å²) in [7, 11) is 0. The van der Waals surface area contributed by atoms with Crippen LogP contribution in [0.15, 0.2) is 0 Å². The van der Waals surface area contributed by atoms with Crippen molar-refractivity contribution in [2.45, 2.75) is 101 Å². The molecule has 2 heterocycles. The molecule has 5 amide bonds. The predicted octanol–water partition coefficient (Wildman–Crippen LogP) is 0.0913. The molecule has 0 radical (unpaired) electrons. The highest BCUT2D eigenvalue weighted by Gasteiger charge is 2.41. The summed E-state index contributed by atoms with van der Waals surface area (Å²) >= 11 is 0. The van der Waals surface area contributed by atoms with Gasteiger partial charge in [-0.2, -0.15) is 0 Å². The van der Waals surface area contributed by atoms with Gasteiger partial charge >= 0.3 is 0 Å². The molecule has 6 unspecified atom stereocenters. The number of nitrogens with zero attached hydrogens (tertiary/aromatic N) is 1. The van der Waals surface area contributed by atoms with Gasteiger partial charge in [-0.15, -0.1) is 0 Å². The van der Waals surface area contributed by atoms with Crippen LogP contribution >= 0.6 is 0 Å². The van der Waals surface area contributed by atoms with Gasteiger partial charge in [0.2, 0.25) is 29.5 Å². The zero-order valence-corrected chi connectivity index (χ0v) is 19.7.